The van der Waals surface area contributed by atoms with Gasteiger partial charge < -0.3 is 36.5 Å². The van der Waals surface area contributed by atoms with Crippen molar-refractivity contribution in [3.05, 3.63) is 0 Å². The predicted octanol–water partition coefficient (Wildman–Crippen LogP) is 6.68. The van der Waals surface area contributed by atoms with Crippen molar-refractivity contribution >= 4 is 35.3 Å². The van der Waals surface area contributed by atoms with Crippen molar-refractivity contribution in [3.8, 4) is 0 Å². The van der Waals surface area contributed by atoms with Gasteiger partial charge in [-0.25, -0.2) is 0 Å². The molecule has 0 spiro atoms. The van der Waals surface area contributed by atoms with Gasteiger partial charge in [0.05, 0.1) is 18.3 Å². The van der Waals surface area contributed by atoms with Crippen LogP contribution in [0.2, 0.25) is 0 Å². The molecule has 4 fully saturated rings. The van der Waals surface area contributed by atoms with Gasteiger partial charge in [-0.2, -0.15) is 35.3 Å². The summed E-state index contributed by atoms with van der Waals surface area (Å²) >= 11 is 5.87. The number of ether oxygens (including phenoxy) is 3. The molecular formula is C39H75N3O4S3. The highest BCUT2D eigenvalue weighted by Crippen LogP contribution is 2.69. The lowest BCUT2D eigenvalue weighted by Gasteiger charge is -2.65. The third-order valence-corrected chi connectivity index (χ3v) is 16.7. The number of aliphatic hydroxyl groups is 1. The molecule has 4 aliphatic rings. The van der Waals surface area contributed by atoms with Gasteiger partial charge in [0, 0.05) is 68.7 Å². The van der Waals surface area contributed by atoms with E-state index in [2.05, 4.69) is 20.8 Å². The molecule has 0 aliphatic heterocycles. The van der Waals surface area contributed by atoms with E-state index in [-0.39, 0.29) is 11.5 Å². The maximum atomic E-state index is 9.73. The summed E-state index contributed by atoms with van der Waals surface area (Å²) in [6.45, 7) is 12.9. The molecule has 49 heavy (non-hydrogen) atoms. The highest BCUT2D eigenvalue weighted by Gasteiger charge is 2.66. The number of rotatable bonds is 25. The van der Waals surface area contributed by atoms with Gasteiger partial charge in [0.1, 0.15) is 0 Å². The lowest BCUT2D eigenvalue weighted by Crippen LogP contribution is -2.63. The zero-order valence-electron chi connectivity index (χ0n) is 31.5. The molecule has 0 heterocycles. The summed E-state index contributed by atoms with van der Waals surface area (Å²) in [5.41, 5.74) is 17.7. The van der Waals surface area contributed by atoms with E-state index in [1.807, 2.05) is 35.3 Å². The third kappa shape index (κ3) is 11.2. The fraction of sp³-hybridized carbons (Fsp3) is 1.00. The van der Waals surface area contributed by atoms with E-state index in [0.717, 1.165) is 106 Å². The molecule has 0 aromatic carbocycles. The minimum absolute atomic E-state index is 0.143. The number of fused-ring (bicyclic) bond motifs is 5. The molecule has 0 unspecified atom stereocenters. The Balaban J connectivity index is 1.54. The summed E-state index contributed by atoms with van der Waals surface area (Å²) in [6.07, 6.45) is 14.8. The first-order valence-electron chi connectivity index (χ1n) is 20.1. The van der Waals surface area contributed by atoms with Gasteiger partial charge in [-0.3, -0.25) is 0 Å². The second-order valence-corrected chi connectivity index (χ2v) is 19.8. The average Bonchev–Trinajstić information content (AvgIpc) is 3.46. The first-order valence-corrected chi connectivity index (χ1v) is 23.6. The van der Waals surface area contributed by atoms with Crippen molar-refractivity contribution < 1.29 is 19.3 Å². The molecule has 10 heteroatoms. The van der Waals surface area contributed by atoms with E-state index in [0.29, 0.717) is 59.7 Å². The minimum Gasteiger partial charge on any atom is -0.396 e. The van der Waals surface area contributed by atoms with Crippen LogP contribution in [0.25, 0.3) is 0 Å². The van der Waals surface area contributed by atoms with E-state index in [4.69, 9.17) is 31.4 Å². The van der Waals surface area contributed by atoms with E-state index >= 15 is 0 Å². The number of hydrogen-bond donors (Lipinski definition) is 4. The summed E-state index contributed by atoms with van der Waals surface area (Å²) in [5.74, 6) is 10.2. The standard InChI is InChI=1S/C39H75N3O4S3/c1-29(8-4-16-43)32-9-10-33-37-34(28-36(39(32,33)3)46-19-7-22-49-25-15-42)38(2)12-11-31(44-17-5-20-47-23-13-40)26-30(38)27-35(37)45-18-6-21-48-24-14-41/h29-37,43H,4-28,40-42H2,1-3H3/t29-,30+,31-,32-,33+,34+,35-,36+,37+,38+,39-/m1/s1. The Morgan fingerprint density at radius 3 is 1.94 bits per heavy atom. The quantitative estimate of drug-likeness (QED) is 0.0753. The van der Waals surface area contributed by atoms with E-state index in [1.165, 1.54) is 44.9 Å². The molecule has 0 amide bonds. The molecule has 0 radical (unpaired) electrons. The molecule has 7 nitrogen and oxygen atoms in total. The van der Waals surface area contributed by atoms with Crippen LogP contribution in [0.4, 0.5) is 0 Å². The Labute approximate surface area is 313 Å². The van der Waals surface area contributed by atoms with E-state index in [9.17, 15) is 5.11 Å². The van der Waals surface area contributed by atoms with Crippen LogP contribution >= 0.6 is 35.3 Å². The van der Waals surface area contributed by atoms with Crippen LogP contribution < -0.4 is 17.2 Å². The Kier molecular flexibility index (Phi) is 19.3. The molecule has 0 aromatic heterocycles. The number of nitrogens with two attached hydrogens (primary N) is 3. The maximum Gasteiger partial charge on any atom is 0.0637 e. The van der Waals surface area contributed by atoms with Crippen LogP contribution in [0.1, 0.15) is 97.8 Å². The predicted molar refractivity (Wildman–Crippen MR) is 214 cm³/mol. The van der Waals surface area contributed by atoms with Crippen molar-refractivity contribution in [1.82, 2.24) is 0 Å². The summed E-state index contributed by atoms with van der Waals surface area (Å²) in [4.78, 5) is 0. The van der Waals surface area contributed by atoms with Crippen LogP contribution in [0, 0.1) is 46.3 Å². The first-order chi connectivity index (χ1) is 23.8. The Hall–Kier alpha value is 0.770. The van der Waals surface area contributed by atoms with Crippen molar-refractivity contribution in [1.29, 1.82) is 0 Å². The van der Waals surface area contributed by atoms with Crippen molar-refractivity contribution in [2.75, 3.05) is 80.6 Å². The van der Waals surface area contributed by atoms with Gasteiger partial charge >= 0.3 is 0 Å². The van der Waals surface area contributed by atoms with Crippen LogP contribution in [-0.2, 0) is 14.2 Å². The molecule has 0 saturated heterocycles. The Bertz CT molecular complexity index is 910. The average molecular weight is 746 g/mol. The molecule has 0 bridgehead atoms. The molecule has 11 atom stereocenters. The number of aliphatic hydroxyl groups excluding tert-OH is 1. The monoisotopic (exact) mass is 745 g/mol. The van der Waals surface area contributed by atoms with Gasteiger partial charge in [-0.05, 0) is 135 Å². The van der Waals surface area contributed by atoms with E-state index in [1.54, 1.807) is 0 Å². The normalized spacial score (nSPS) is 36.3. The molecule has 7 N–H and O–H groups in total. The molecule has 4 rings (SSSR count). The third-order valence-electron chi connectivity index (χ3n) is 13.4. The van der Waals surface area contributed by atoms with Gasteiger partial charge in [-0.1, -0.05) is 20.8 Å². The molecule has 288 valence electrons. The smallest absolute Gasteiger partial charge is 0.0637 e. The fourth-order valence-corrected chi connectivity index (χ4v) is 13.1. The van der Waals surface area contributed by atoms with Gasteiger partial charge in [-0.15, -0.1) is 0 Å². The van der Waals surface area contributed by atoms with Crippen LogP contribution in [0.3, 0.4) is 0 Å². The first kappa shape index (κ1) is 42.5. The van der Waals surface area contributed by atoms with Crippen molar-refractivity contribution in [2.45, 2.75) is 116 Å². The minimum atomic E-state index is 0.143. The molecule has 4 saturated carbocycles. The summed E-state index contributed by atoms with van der Waals surface area (Å²) in [5, 5.41) is 9.73. The molecule has 4 aliphatic carbocycles. The second kappa shape index (κ2) is 22.2. The van der Waals surface area contributed by atoms with Gasteiger partial charge in [0.2, 0.25) is 0 Å². The second-order valence-electron chi connectivity index (χ2n) is 16.2. The van der Waals surface area contributed by atoms with Gasteiger partial charge in [0.15, 0.2) is 0 Å². The Morgan fingerprint density at radius 1 is 0.714 bits per heavy atom. The lowest BCUT2D eigenvalue weighted by atomic mass is 9.43. The van der Waals surface area contributed by atoms with Crippen molar-refractivity contribution in [3.63, 3.8) is 0 Å². The zero-order chi connectivity index (χ0) is 35.1. The van der Waals surface area contributed by atoms with Crippen molar-refractivity contribution in [2.24, 2.45) is 63.5 Å². The lowest BCUT2D eigenvalue weighted by molar-refractivity contribution is -0.227. The maximum absolute atomic E-state index is 9.73. The largest absolute Gasteiger partial charge is 0.396 e. The fourth-order valence-electron chi connectivity index (χ4n) is 11.0. The van der Waals surface area contributed by atoms with Crippen LogP contribution in [0.5, 0.6) is 0 Å². The Morgan fingerprint density at radius 2 is 1.33 bits per heavy atom. The SMILES string of the molecule is C[C@H](CCCO)[C@H]1CC[C@H]2[C@@H]3[C@H](OCCCSCCN)C[C@@H]4C[C@H](OCCCSCCN)CC[C@]4(C)[C@H]3C[C@H](OCCCSCCN)[C@]12C. The highest BCUT2D eigenvalue weighted by molar-refractivity contribution is 7.99. The van der Waals surface area contributed by atoms with Crippen LogP contribution in [0.15, 0.2) is 0 Å². The topological polar surface area (TPSA) is 126 Å². The number of hydrogen-bond acceptors (Lipinski definition) is 10. The highest BCUT2D eigenvalue weighted by atomic mass is 32.2. The summed E-state index contributed by atoms with van der Waals surface area (Å²) in [7, 11) is 0. The molecule has 0 aromatic rings. The zero-order valence-corrected chi connectivity index (χ0v) is 34.0. The molecular weight excluding hydrogens is 671 g/mol. The van der Waals surface area contributed by atoms with E-state index < -0.39 is 0 Å². The van der Waals surface area contributed by atoms with Crippen LogP contribution in [-0.4, -0.2) is 104 Å². The summed E-state index contributed by atoms with van der Waals surface area (Å²) < 4.78 is 20.8. The van der Waals surface area contributed by atoms with Gasteiger partial charge in [0.25, 0.3) is 0 Å². The summed E-state index contributed by atoms with van der Waals surface area (Å²) in [6, 6.07) is 0. The number of thioether (sulfide) groups is 3.